The Morgan fingerprint density at radius 3 is 1.41 bits per heavy atom. The molecule has 0 saturated carbocycles. The molecule has 0 spiro atoms. The molecule has 172 valence electrons. The molecule has 0 aromatic heterocycles. The van der Waals surface area contributed by atoms with Crippen LogP contribution in [0.15, 0.2) is 36.4 Å². The van der Waals surface area contributed by atoms with Crippen LogP contribution >= 0.6 is 0 Å². The monoisotopic (exact) mass is 438 g/mol. The van der Waals surface area contributed by atoms with Crippen LogP contribution in [0.3, 0.4) is 0 Å². The Hall–Kier alpha value is -2.38. The number of morpholine rings is 2. The van der Waals surface area contributed by atoms with Crippen molar-refractivity contribution in [1.82, 2.24) is 9.80 Å². The van der Waals surface area contributed by atoms with E-state index >= 15 is 0 Å². The van der Waals surface area contributed by atoms with E-state index in [1.807, 2.05) is 24.3 Å². The van der Waals surface area contributed by atoms with Crippen LogP contribution in [0.25, 0.3) is 11.1 Å². The number of hydrogen-bond donors (Lipinski definition) is 2. The van der Waals surface area contributed by atoms with Gasteiger partial charge in [-0.25, -0.2) is 0 Å². The summed E-state index contributed by atoms with van der Waals surface area (Å²) in [5.41, 5.74) is 6.01. The van der Waals surface area contributed by atoms with E-state index < -0.39 is 0 Å². The molecule has 2 fully saturated rings. The zero-order valence-electron chi connectivity index (χ0n) is 19.1. The van der Waals surface area contributed by atoms with Crippen LogP contribution in [0, 0.1) is 0 Å². The molecule has 0 amide bonds. The Morgan fingerprint density at radius 2 is 1.06 bits per heavy atom. The van der Waals surface area contributed by atoms with Crippen molar-refractivity contribution in [2.24, 2.45) is 0 Å². The molecule has 4 rings (SSSR count). The maximum absolute atomic E-state index is 10.6. The number of hydrogen-bond acceptors (Lipinski definition) is 6. The smallest absolute Gasteiger partial charge is 0.120 e. The summed E-state index contributed by atoms with van der Waals surface area (Å²) in [6.45, 7) is 12.1. The van der Waals surface area contributed by atoms with Crippen LogP contribution in [-0.4, -0.2) is 72.6 Å². The molecule has 2 aromatic rings. The normalized spacial score (nSPS) is 19.1. The Balaban J connectivity index is 1.48. The molecule has 0 radical (unpaired) electrons. The Labute approximate surface area is 190 Å². The maximum Gasteiger partial charge on any atom is 0.120 e. The molecule has 0 atom stereocenters. The Kier molecular flexibility index (Phi) is 7.48. The maximum atomic E-state index is 10.6. The number of nitrogens with zero attached hydrogens (tertiary/aromatic N) is 2. The van der Waals surface area contributed by atoms with Gasteiger partial charge in [0.15, 0.2) is 0 Å². The number of rotatable bonds is 6. The first-order valence-electron chi connectivity index (χ1n) is 11.4. The summed E-state index contributed by atoms with van der Waals surface area (Å²) >= 11 is 0. The molecule has 2 aliphatic heterocycles. The van der Waals surface area contributed by atoms with E-state index in [1.54, 1.807) is 0 Å². The lowest BCUT2D eigenvalue weighted by molar-refractivity contribution is 0.0338. The van der Waals surface area contributed by atoms with Gasteiger partial charge in [0.05, 0.1) is 26.4 Å². The standard InChI is InChI=1S/C26H34N2O4/c1-19(21-3-5-23(25(29)15-21)17-27-7-11-31-12-8-27)20(2)22-4-6-24(26(30)16-22)18-28-9-13-32-14-10-28/h3-6,15-16,29-30H,7-14,17-18H2,1-2H3/b20-19+. The van der Waals surface area contributed by atoms with E-state index in [9.17, 15) is 10.2 Å². The van der Waals surface area contributed by atoms with Crippen LogP contribution in [0.1, 0.15) is 36.1 Å². The lowest BCUT2D eigenvalue weighted by Crippen LogP contribution is -2.35. The van der Waals surface area contributed by atoms with E-state index in [4.69, 9.17) is 9.47 Å². The summed E-state index contributed by atoms with van der Waals surface area (Å²) in [7, 11) is 0. The minimum Gasteiger partial charge on any atom is -0.508 e. The number of allylic oxidation sites excluding steroid dienone is 2. The number of ether oxygens (including phenoxy) is 2. The highest BCUT2D eigenvalue weighted by atomic mass is 16.5. The molecule has 2 heterocycles. The highest BCUT2D eigenvalue weighted by molar-refractivity contribution is 5.89. The van der Waals surface area contributed by atoms with Gasteiger partial charge in [-0.3, -0.25) is 9.80 Å². The Bertz CT molecular complexity index is 883. The minimum absolute atomic E-state index is 0.324. The molecule has 2 N–H and O–H groups in total. The van der Waals surface area contributed by atoms with Crippen molar-refractivity contribution in [3.63, 3.8) is 0 Å². The highest BCUT2D eigenvalue weighted by Crippen LogP contribution is 2.32. The number of phenolic OH excluding ortho intramolecular Hbond substituents is 2. The van der Waals surface area contributed by atoms with Crippen molar-refractivity contribution in [3.8, 4) is 11.5 Å². The first-order chi connectivity index (χ1) is 15.5. The largest absolute Gasteiger partial charge is 0.508 e. The molecule has 6 nitrogen and oxygen atoms in total. The van der Waals surface area contributed by atoms with Crippen molar-refractivity contribution in [1.29, 1.82) is 0 Å². The van der Waals surface area contributed by atoms with Gasteiger partial charge >= 0.3 is 0 Å². The third-order valence-electron chi connectivity index (χ3n) is 6.59. The number of benzene rings is 2. The summed E-state index contributed by atoms with van der Waals surface area (Å²) in [5.74, 6) is 0.648. The average Bonchev–Trinajstić information content (AvgIpc) is 2.82. The first-order valence-corrected chi connectivity index (χ1v) is 11.4. The summed E-state index contributed by atoms with van der Waals surface area (Å²) in [6, 6.07) is 11.9. The fourth-order valence-electron chi connectivity index (χ4n) is 4.29. The van der Waals surface area contributed by atoms with Crippen LogP contribution in [0.4, 0.5) is 0 Å². The molecule has 6 heteroatoms. The predicted molar refractivity (Wildman–Crippen MR) is 127 cm³/mol. The van der Waals surface area contributed by atoms with Gasteiger partial charge in [0.1, 0.15) is 11.5 Å². The van der Waals surface area contributed by atoms with Crippen molar-refractivity contribution >= 4 is 11.1 Å². The molecule has 2 aliphatic rings. The molecule has 32 heavy (non-hydrogen) atoms. The lowest BCUT2D eigenvalue weighted by atomic mass is 9.95. The topological polar surface area (TPSA) is 65.4 Å². The quantitative estimate of drug-likeness (QED) is 0.671. The summed E-state index contributed by atoms with van der Waals surface area (Å²) in [6.07, 6.45) is 0. The van der Waals surface area contributed by atoms with Crippen LogP contribution in [0.2, 0.25) is 0 Å². The van der Waals surface area contributed by atoms with E-state index in [0.717, 1.165) is 99.1 Å². The van der Waals surface area contributed by atoms with Crippen molar-refractivity contribution in [2.45, 2.75) is 26.9 Å². The molecule has 0 bridgehead atoms. The third kappa shape index (κ3) is 5.51. The van der Waals surface area contributed by atoms with E-state index in [2.05, 4.69) is 35.8 Å². The van der Waals surface area contributed by atoms with Crippen LogP contribution < -0.4 is 0 Å². The van der Waals surface area contributed by atoms with Gasteiger partial charge in [0.2, 0.25) is 0 Å². The SMILES string of the molecule is C/C(=C(/C)c1ccc(CN2CCOCC2)c(O)c1)c1ccc(CN2CCOCC2)c(O)c1. The first kappa shape index (κ1) is 22.8. The zero-order chi connectivity index (χ0) is 22.5. The second-order valence-electron chi connectivity index (χ2n) is 8.71. The van der Waals surface area contributed by atoms with E-state index in [0.29, 0.717) is 11.5 Å². The second-order valence-corrected chi connectivity index (χ2v) is 8.71. The molecule has 0 aliphatic carbocycles. The molecular weight excluding hydrogens is 404 g/mol. The van der Waals surface area contributed by atoms with Gasteiger partial charge in [-0.2, -0.15) is 0 Å². The minimum atomic E-state index is 0.324. The average molecular weight is 439 g/mol. The molecule has 0 unspecified atom stereocenters. The fourth-order valence-corrected chi connectivity index (χ4v) is 4.29. The molecular formula is C26H34N2O4. The summed E-state index contributed by atoms with van der Waals surface area (Å²) < 4.78 is 10.8. The van der Waals surface area contributed by atoms with Gasteiger partial charge in [-0.15, -0.1) is 0 Å². The van der Waals surface area contributed by atoms with Gasteiger partial charge < -0.3 is 19.7 Å². The third-order valence-corrected chi connectivity index (χ3v) is 6.59. The van der Waals surface area contributed by atoms with Gasteiger partial charge in [-0.1, -0.05) is 24.3 Å². The summed E-state index contributed by atoms with van der Waals surface area (Å²) in [4.78, 5) is 4.60. The van der Waals surface area contributed by atoms with Crippen molar-refractivity contribution in [2.75, 3.05) is 52.6 Å². The van der Waals surface area contributed by atoms with Crippen LogP contribution in [0.5, 0.6) is 11.5 Å². The Morgan fingerprint density at radius 1 is 0.688 bits per heavy atom. The van der Waals surface area contributed by atoms with Gasteiger partial charge in [-0.05, 0) is 48.3 Å². The van der Waals surface area contributed by atoms with Crippen LogP contribution in [-0.2, 0) is 22.6 Å². The predicted octanol–water partition coefficient (Wildman–Crippen LogP) is 3.71. The second kappa shape index (κ2) is 10.5. The lowest BCUT2D eigenvalue weighted by Gasteiger charge is -2.27. The highest BCUT2D eigenvalue weighted by Gasteiger charge is 2.15. The number of aromatic hydroxyl groups is 2. The van der Waals surface area contributed by atoms with Gasteiger partial charge in [0.25, 0.3) is 0 Å². The molecule has 2 saturated heterocycles. The van der Waals surface area contributed by atoms with Crippen molar-refractivity contribution in [3.05, 3.63) is 58.7 Å². The molecule has 2 aromatic carbocycles. The zero-order valence-corrected chi connectivity index (χ0v) is 19.1. The summed E-state index contributed by atoms with van der Waals surface area (Å²) in [5, 5.41) is 21.3. The number of phenols is 2. The van der Waals surface area contributed by atoms with E-state index in [-0.39, 0.29) is 0 Å². The van der Waals surface area contributed by atoms with E-state index in [1.165, 1.54) is 0 Å². The van der Waals surface area contributed by atoms with Crippen molar-refractivity contribution < 1.29 is 19.7 Å². The van der Waals surface area contributed by atoms with Gasteiger partial charge in [0, 0.05) is 50.4 Å². The fraction of sp³-hybridized carbons (Fsp3) is 0.462.